The molecule has 0 fully saturated rings. The number of nitrogens with zero attached hydrogens (tertiary/aromatic N) is 1. The highest BCUT2D eigenvalue weighted by atomic mass is 35.5. The van der Waals surface area contributed by atoms with Crippen LogP contribution >= 0.6 is 11.6 Å². The Balaban J connectivity index is 1.76. The molecule has 0 amide bonds. The van der Waals surface area contributed by atoms with Crippen molar-refractivity contribution in [2.45, 2.75) is 31.4 Å². The molecule has 3 aromatic carbocycles. The van der Waals surface area contributed by atoms with Gasteiger partial charge < -0.3 is 4.74 Å². The van der Waals surface area contributed by atoms with Crippen molar-refractivity contribution in [2.75, 3.05) is 0 Å². The Morgan fingerprint density at radius 1 is 0.767 bits per heavy atom. The summed E-state index contributed by atoms with van der Waals surface area (Å²) in [4.78, 5) is 5.32. The van der Waals surface area contributed by atoms with E-state index in [9.17, 15) is 0 Å². The van der Waals surface area contributed by atoms with Gasteiger partial charge in [0.15, 0.2) is 5.54 Å². The fourth-order valence-corrected chi connectivity index (χ4v) is 5.00. The van der Waals surface area contributed by atoms with Crippen LogP contribution in [0.25, 0.3) is 5.76 Å². The molecule has 2 aliphatic rings. The fraction of sp³-hybridized carbons (Fsp3) is 0.222. The normalized spacial score (nSPS) is 26.5. The molecule has 0 saturated carbocycles. The molecule has 150 valence electrons. The molecule has 2 aliphatic heterocycles. The smallest absolute Gasteiger partial charge is 0.225 e. The van der Waals surface area contributed by atoms with E-state index in [0.717, 1.165) is 28.2 Å². The lowest BCUT2D eigenvalue weighted by Gasteiger charge is -2.41. The number of rotatable bonds is 3. The minimum absolute atomic E-state index is 0.533. The minimum Gasteiger partial charge on any atom is -0.467 e. The number of aliphatic imine (C=N–C) groups is 1. The van der Waals surface area contributed by atoms with Crippen LogP contribution in [0.1, 0.15) is 36.1 Å². The number of ether oxygens (including phenoxy) is 1. The van der Waals surface area contributed by atoms with Gasteiger partial charge in [-0.3, -0.25) is 4.99 Å². The predicted octanol–water partition coefficient (Wildman–Crippen LogP) is 6.73. The molecule has 0 saturated heterocycles. The van der Waals surface area contributed by atoms with Gasteiger partial charge in [0.1, 0.15) is 5.76 Å². The molecular weight excluding hydrogens is 390 g/mol. The summed E-state index contributed by atoms with van der Waals surface area (Å²) in [5.74, 6) is 0.776. The third kappa shape index (κ3) is 2.53. The van der Waals surface area contributed by atoms with Gasteiger partial charge in [0.25, 0.3) is 0 Å². The van der Waals surface area contributed by atoms with Crippen LogP contribution in [0.2, 0.25) is 0 Å². The highest BCUT2D eigenvalue weighted by molar-refractivity contribution is 6.30. The second-order valence-corrected chi connectivity index (χ2v) is 9.19. The van der Waals surface area contributed by atoms with Crippen LogP contribution in [0.15, 0.2) is 96.0 Å². The molecule has 2 nitrogen and oxygen atoms in total. The molecular formula is C27H24ClNO. The van der Waals surface area contributed by atoms with Crippen molar-refractivity contribution in [3.63, 3.8) is 0 Å². The zero-order chi connectivity index (χ0) is 21.0. The zero-order valence-electron chi connectivity index (χ0n) is 17.4. The summed E-state index contributed by atoms with van der Waals surface area (Å²) in [6.07, 6.45) is 2.11. The lowest BCUT2D eigenvalue weighted by atomic mass is 9.72. The van der Waals surface area contributed by atoms with Crippen molar-refractivity contribution in [1.82, 2.24) is 0 Å². The number of alkyl halides is 1. The van der Waals surface area contributed by atoms with Crippen LogP contribution in [0, 0.1) is 12.3 Å². The Hall–Kier alpha value is -2.84. The lowest BCUT2D eigenvalue weighted by Crippen LogP contribution is -2.50. The summed E-state index contributed by atoms with van der Waals surface area (Å²) in [6.45, 7) is 6.33. The maximum Gasteiger partial charge on any atom is 0.225 e. The molecule has 0 aliphatic carbocycles. The first-order valence-electron chi connectivity index (χ1n) is 10.3. The van der Waals surface area contributed by atoms with E-state index in [1.165, 1.54) is 5.56 Å². The van der Waals surface area contributed by atoms with Crippen LogP contribution in [0.3, 0.4) is 0 Å². The summed E-state index contributed by atoms with van der Waals surface area (Å²) >= 11 is 7.48. The van der Waals surface area contributed by atoms with Gasteiger partial charge >= 0.3 is 0 Å². The molecule has 0 N–H and O–H groups in total. The number of hydrogen-bond acceptors (Lipinski definition) is 2. The predicted molar refractivity (Wildman–Crippen MR) is 124 cm³/mol. The number of hydrogen-bond donors (Lipinski definition) is 0. The van der Waals surface area contributed by atoms with E-state index in [0.29, 0.717) is 0 Å². The molecule has 3 heteroatoms. The van der Waals surface area contributed by atoms with Crippen LogP contribution in [0.4, 0.5) is 0 Å². The summed E-state index contributed by atoms with van der Waals surface area (Å²) in [5.41, 5.74) is 3.93. The van der Waals surface area contributed by atoms with Crippen LogP contribution in [-0.2, 0) is 10.3 Å². The van der Waals surface area contributed by atoms with E-state index in [1.807, 2.05) is 36.4 Å². The largest absolute Gasteiger partial charge is 0.467 e. The van der Waals surface area contributed by atoms with Crippen molar-refractivity contribution in [1.29, 1.82) is 0 Å². The van der Waals surface area contributed by atoms with Gasteiger partial charge in [0.05, 0.1) is 11.1 Å². The summed E-state index contributed by atoms with van der Waals surface area (Å²) in [7, 11) is 0. The van der Waals surface area contributed by atoms with Gasteiger partial charge in [-0.25, -0.2) is 0 Å². The first-order chi connectivity index (χ1) is 14.4. The van der Waals surface area contributed by atoms with E-state index >= 15 is 0 Å². The number of halogens is 1. The molecule has 0 aromatic heterocycles. The summed E-state index contributed by atoms with van der Waals surface area (Å²) in [5, 5.41) is -1.08. The monoisotopic (exact) mass is 413 g/mol. The van der Waals surface area contributed by atoms with Gasteiger partial charge in [-0.15, -0.1) is 0 Å². The maximum absolute atomic E-state index is 7.48. The number of fused-ring (bicyclic) bond motifs is 1. The van der Waals surface area contributed by atoms with Gasteiger partial charge in [-0.1, -0.05) is 102 Å². The maximum atomic E-state index is 7.48. The number of aryl methyl sites for hydroxylation is 1. The van der Waals surface area contributed by atoms with Crippen molar-refractivity contribution >= 4 is 23.1 Å². The Morgan fingerprint density at radius 2 is 1.37 bits per heavy atom. The van der Waals surface area contributed by atoms with Crippen molar-refractivity contribution in [3.05, 3.63) is 113 Å². The van der Waals surface area contributed by atoms with Gasteiger partial charge in [0, 0.05) is 5.56 Å². The van der Waals surface area contributed by atoms with E-state index in [4.69, 9.17) is 21.3 Å². The Labute approximate surface area is 182 Å². The van der Waals surface area contributed by atoms with E-state index in [2.05, 4.69) is 75.4 Å². The van der Waals surface area contributed by atoms with E-state index < -0.39 is 16.0 Å². The standard InChI is InChI=1S/C27H24ClNO/c1-19-14-16-20(17-15-19)23-18-26(22-12-8-5-9-13-22)27(28,30-23)25(2,3)24(29-26)21-10-6-4-7-11-21/h4-18H,1-3H3/t26-,27+/m1/s1. The number of benzene rings is 3. The van der Waals surface area contributed by atoms with Crippen LogP contribution < -0.4 is 0 Å². The molecule has 2 heterocycles. The quantitative estimate of drug-likeness (QED) is 0.436. The van der Waals surface area contributed by atoms with Crippen molar-refractivity contribution < 1.29 is 4.74 Å². The summed E-state index contributed by atoms with van der Waals surface area (Å²) < 4.78 is 6.64. The average Bonchev–Trinajstić information content (AvgIpc) is 3.16. The third-order valence-electron chi connectivity index (χ3n) is 6.36. The van der Waals surface area contributed by atoms with E-state index in [1.54, 1.807) is 0 Å². The minimum atomic E-state index is -1.08. The van der Waals surface area contributed by atoms with Crippen molar-refractivity contribution in [2.24, 2.45) is 10.4 Å². The Kier molecular flexibility index (Phi) is 4.20. The SMILES string of the molecule is Cc1ccc(C2=C[C@]3(c4ccccc4)N=C(c4ccccc4)C(C)(C)[C@]3(Cl)O2)cc1. The van der Waals surface area contributed by atoms with Crippen LogP contribution in [-0.4, -0.2) is 10.8 Å². The molecule has 3 aromatic rings. The highest BCUT2D eigenvalue weighted by Crippen LogP contribution is 2.64. The molecule has 2 atom stereocenters. The third-order valence-corrected chi connectivity index (χ3v) is 7.20. The Bertz CT molecular complexity index is 1150. The molecule has 0 radical (unpaired) electrons. The molecule has 0 spiro atoms. The molecule has 0 bridgehead atoms. The van der Waals surface area contributed by atoms with Gasteiger partial charge in [-0.2, -0.15) is 0 Å². The first-order valence-corrected chi connectivity index (χ1v) is 10.6. The molecule has 30 heavy (non-hydrogen) atoms. The first kappa shape index (κ1) is 19.1. The van der Waals surface area contributed by atoms with Crippen molar-refractivity contribution in [3.8, 4) is 0 Å². The lowest BCUT2D eigenvalue weighted by molar-refractivity contribution is 0.0329. The van der Waals surface area contributed by atoms with E-state index in [-0.39, 0.29) is 0 Å². The second kappa shape index (κ2) is 6.58. The average molecular weight is 414 g/mol. The molecule has 0 unspecified atom stereocenters. The van der Waals surface area contributed by atoms with Gasteiger partial charge in [0.2, 0.25) is 5.06 Å². The van der Waals surface area contributed by atoms with Gasteiger partial charge in [-0.05, 0) is 38.0 Å². The Morgan fingerprint density at radius 3 is 2.00 bits per heavy atom. The fourth-order valence-electron chi connectivity index (χ4n) is 4.63. The van der Waals surface area contributed by atoms with Crippen LogP contribution in [0.5, 0.6) is 0 Å². The second-order valence-electron chi connectivity index (χ2n) is 8.66. The topological polar surface area (TPSA) is 21.6 Å². The zero-order valence-corrected chi connectivity index (χ0v) is 18.1. The highest BCUT2D eigenvalue weighted by Gasteiger charge is 2.70. The summed E-state index contributed by atoms with van der Waals surface area (Å²) in [6, 6.07) is 28.8. The molecule has 5 rings (SSSR count).